The zero-order chi connectivity index (χ0) is 13.1. The lowest BCUT2D eigenvalue weighted by atomic mass is 10.2. The van der Waals surface area contributed by atoms with E-state index in [1.54, 1.807) is 12.1 Å². The molecule has 0 saturated carbocycles. The number of carbonyl (C=O) groups is 1. The zero-order valence-electron chi connectivity index (χ0n) is 9.04. The molecule has 0 radical (unpaired) electrons. The number of carbonyl (C=O) groups excluding carboxylic acids is 1. The van der Waals surface area contributed by atoms with Crippen LogP contribution in [0, 0.1) is 3.57 Å². The fourth-order valence-corrected chi connectivity index (χ4v) is 2.90. The lowest BCUT2D eigenvalue weighted by Gasteiger charge is -2.04. The van der Waals surface area contributed by atoms with Crippen molar-refractivity contribution in [3.05, 3.63) is 53.7 Å². The van der Waals surface area contributed by atoms with E-state index in [2.05, 4.69) is 27.9 Å². The van der Waals surface area contributed by atoms with Gasteiger partial charge in [0.15, 0.2) is 0 Å². The molecule has 1 amide bonds. The summed E-state index contributed by atoms with van der Waals surface area (Å²) in [6.45, 7) is 0.472. The van der Waals surface area contributed by atoms with Crippen LogP contribution in [-0.2, 0) is 6.54 Å². The molecule has 0 fully saturated rings. The summed E-state index contributed by atoms with van der Waals surface area (Å²) >= 11 is 15.4. The van der Waals surface area contributed by atoms with Gasteiger partial charge >= 0.3 is 0 Å². The van der Waals surface area contributed by atoms with Gasteiger partial charge in [-0.15, -0.1) is 11.3 Å². The highest BCUT2D eigenvalue weighted by atomic mass is 127. The van der Waals surface area contributed by atoms with Gasteiger partial charge in [0.05, 0.1) is 15.9 Å². The number of nitrogens with one attached hydrogen (secondary N) is 1. The van der Waals surface area contributed by atoms with E-state index in [0.29, 0.717) is 17.1 Å². The quantitative estimate of drug-likeness (QED) is 0.735. The molecule has 1 N–H and O–H groups in total. The van der Waals surface area contributed by atoms with Gasteiger partial charge in [-0.2, -0.15) is 0 Å². The summed E-state index contributed by atoms with van der Waals surface area (Å²) in [6, 6.07) is 8.95. The van der Waals surface area contributed by atoms with Gasteiger partial charge < -0.3 is 5.32 Å². The van der Waals surface area contributed by atoms with Gasteiger partial charge in [-0.25, -0.2) is 0 Å². The minimum atomic E-state index is -0.141. The van der Waals surface area contributed by atoms with E-state index >= 15 is 0 Å². The molecule has 2 rings (SSSR count). The molecule has 0 aliphatic heterocycles. The van der Waals surface area contributed by atoms with Gasteiger partial charge in [0, 0.05) is 14.0 Å². The maximum Gasteiger partial charge on any atom is 0.251 e. The predicted molar refractivity (Wildman–Crippen MR) is 84.7 cm³/mol. The Balaban J connectivity index is 2.01. The van der Waals surface area contributed by atoms with Crippen molar-refractivity contribution >= 4 is 63.0 Å². The molecule has 0 aliphatic rings. The lowest BCUT2D eigenvalue weighted by molar-refractivity contribution is 0.0951. The number of rotatable bonds is 3. The van der Waals surface area contributed by atoms with Crippen molar-refractivity contribution < 1.29 is 4.79 Å². The first-order valence-electron chi connectivity index (χ1n) is 5.04. The maximum atomic E-state index is 11.9. The van der Waals surface area contributed by atoms with Crippen LogP contribution in [-0.4, -0.2) is 5.91 Å². The predicted octanol–water partition coefficient (Wildman–Crippen LogP) is 4.59. The first-order chi connectivity index (χ1) is 8.56. The first kappa shape index (κ1) is 14.1. The number of thiophene rings is 1. The third kappa shape index (κ3) is 3.60. The first-order valence-corrected chi connectivity index (χ1v) is 7.69. The zero-order valence-corrected chi connectivity index (χ0v) is 13.5. The topological polar surface area (TPSA) is 29.1 Å². The molecule has 6 heteroatoms. The Morgan fingerprint density at radius 2 is 2.06 bits per heavy atom. The minimum Gasteiger partial charge on any atom is -0.347 e. The van der Waals surface area contributed by atoms with Crippen LogP contribution in [0.25, 0.3) is 0 Å². The number of hydrogen-bond acceptors (Lipinski definition) is 2. The van der Waals surface area contributed by atoms with Gasteiger partial charge in [-0.05, 0) is 52.9 Å². The molecular weight excluding hydrogens is 404 g/mol. The summed E-state index contributed by atoms with van der Waals surface area (Å²) in [6.07, 6.45) is 0. The molecule has 2 aromatic rings. The van der Waals surface area contributed by atoms with Crippen molar-refractivity contribution in [1.29, 1.82) is 0 Å². The molecule has 0 spiro atoms. The molecule has 0 atom stereocenters. The molecule has 2 nitrogen and oxygen atoms in total. The van der Waals surface area contributed by atoms with Crippen molar-refractivity contribution in [2.75, 3.05) is 0 Å². The van der Waals surface area contributed by atoms with Crippen molar-refractivity contribution in [2.24, 2.45) is 0 Å². The number of halogens is 3. The maximum absolute atomic E-state index is 11.9. The van der Waals surface area contributed by atoms with Crippen molar-refractivity contribution in [3.63, 3.8) is 0 Å². The second-order valence-corrected chi connectivity index (χ2v) is 6.89. The highest BCUT2D eigenvalue weighted by Gasteiger charge is 2.08. The average Bonchev–Trinajstić information content (AvgIpc) is 2.75. The van der Waals surface area contributed by atoms with Crippen LogP contribution in [0.2, 0.25) is 9.36 Å². The van der Waals surface area contributed by atoms with Crippen LogP contribution in [0.3, 0.4) is 0 Å². The summed E-state index contributed by atoms with van der Waals surface area (Å²) in [5.74, 6) is -0.141. The standard InChI is InChI=1S/C12H8Cl2INOS/c13-9-5-7(1-3-10(9)15)12(17)16-6-8-2-4-11(14)18-8/h1-5H,6H2,(H,16,17). The fraction of sp³-hybridized carbons (Fsp3) is 0.0833. The van der Waals surface area contributed by atoms with E-state index in [0.717, 1.165) is 12.8 Å². The molecular formula is C12H8Cl2INOS. The summed E-state index contributed by atoms with van der Waals surface area (Å²) in [5, 5.41) is 3.41. The molecule has 0 bridgehead atoms. The summed E-state index contributed by atoms with van der Waals surface area (Å²) in [4.78, 5) is 12.9. The Kier molecular flexibility index (Phi) is 4.89. The van der Waals surface area contributed by atoms with Gasteiger partial charge in [0.1, 0.15) is 0 Å². The molecule has 1 heterocycles. The Bertz CT molecular complexity index is 585. The number of amides is 1. The van der Waals surface area contributed by atoms with E-state index < -0.39 is 0 Å². The Morgan fingerprint density at radius 3 is 2.67 bits per heavy atom. The molecule has 0 unspecified atom stereocenters. The molecule has 0 saturated heterocycles. The van der Waals surface area contributed by atoms with Crippen LogP contribution in [0.1, 0.15) is 15.2 Å². The Labute approximate surface area is 132 Å². The minimum absolute atomic E-state index is 0.141. The second-order valence-electron chi connectivity index (χ2n) is 3.52. The van der Waals surface area contributed by atoms with Crippen molar-refractivity contribution in [2.45, 2.75) is 6.54 Å². The van der Waals surface area contributed by atoms with Crippen LogP contribution in [0.5, 0.6) is 0 Å². The van der Waals surface area contributed by atoms with Gasteiger partial charge in [-0.1, -0.05) is 23.2 Å². The highest BCUT2D eigenvalue weighted by molar-refractivity contribution is 14.1. The number of hydrogen-bond donors (Lipinski definition) is 1. The normalized spacial score (nSPS) is 10.4. The summed E-state index contributed by atoms with van der Waals surface area (Å²) < 4.78 is 1.65. The van der Waals surface area contributed by atoms with E-state index in [4.69, 9.17) is 23.2 Å². The van der Waals surface area contributed by atoms with Crippen molar-refractivity contribution in [1.82, 2.24) is 5.32 Å². The van der Waals surface area contributed by atoms with Crippen LogP contribution in [0.4, 0.5) is 0 Å². The third-order valence-corrected chi connectivity index (χ3v) is 5.04. The fourth-order valence-electron chi connectivity index (χ4n) is 1.35. The van der Waals surface area contributed by atoms with Gasteiger partial charge in [-0.3, -0.25) is 4.79 Å². The van der Waals surface area contributed by atoms with E-state index in [1.807, 2.05) is 18.2 Å². The molecule has 1 aromatic heterocycles. The van der Waals surface area contributed by atoms with Gasteiger partial charge in [0.25, 0.3) is 5.91 Å². The summed E-state index contributed by atoms with van der Waals surface area (Å²) in [7, 11) is 0. The smallest absolute Gasteiger partial charge is 0.251 e. The SMILES string of the molecule is O=C(NCc1ccc(Cl)s1)c1ccc(I)c(Cl)c1. The van der Waals surface area contributed by atoms with Gasteiger partial charge in [0.2, 0.25) is 0 Å². The second kappa shape index (κ2) is 6.23. The number of benzene rings is 1. The molecule has 0 aliphatic carbocycles. The lowest BCUT2D eigenvalue weighted by Crippen LogP contribution is -2.22. The van der Waals surface area contributed by atoms with Crippen LogP contribution >= 0.6 is 57.1 Å². The van der Waals surface area contributed by atoms with E-state index in [9.17, 15) is 4.79 Å². The average molecular weight is 412 g/mol. The van der Waals surface area contributed by atoms with Crippen LogP contribution in [0.15, 0.2) is 30.3 Å². The highest BCUT2D eigenvalue weighted by Crippen LogP contribution is 2.22. The largest absolute Gasteiger partial charge is 0.347 e. The van der Waals surface area contributed by atoms with Crippen LogP contribution < -0.4 is 5.32 Å². The van der Waals surface area contributed by atoms with Crippen molar-refractivity contribution in [3.8, 4) is 0 Å². The monoisotopic (exact) mass is 411 g/mol. The third-order valence-electron chi connectivity index (χ3n) is 2.23. The molecule has 18 heavy (non-hydrogen) atoms. The molecule has 94 valence electrons. The van der Waals surface area contributed by atoms with E-state index in [1.165, 1.54) is 11.3 Å². The van der Waals surface area contributed by atoms with E-state index in [-0.39, 0.29) is 5.91 Å². The molecule has 1 aromatic carbocycles. The Hall–Kier alpha value is -0.300. The Morgan fingerprint density at radius 1 is 1.28 bits per heavy atom. The summed E-state index contributed by atoms with van der Waals surface area (Å²) in [5.41, 5.74) is 0.558.